The number of anilines is 1. The minimum Gasteiger partial charge on any atom is -0.305 e. The van der Waals surface area contributed by atoms with Crippen molar-refractivity contribution in [3.05, 3.63) is 47.2 Å². The minimum absolute atomic E-state index is 0.0895. The molecule has 0 saturated heterocycles. The van der Waals surface area contributed by atoms with Crippen LogP contribution in [-0.2, 0) is 11.8 Å². The number of hydrogen-bond donors (Lipinski definition) is 2. The third kappa shape index (κ3) is 3.94. The molecule has 112 valence electrons. The van der Waals surface area contributed by atoms with Gasteiger partial charge in [-0.25, -0.2) is 0 Å². The number of H-pyrrole nitrogens is 1. The van der Waals surface area contributed by atoms with Gasteiger partial charge in [-0.1, -0.05) is 46.2 Å². The molecule has 0 aliphatic carbocycles. The number of carbonyl (C=O) groups excluding carboxylic acids is 1. The molecule has 0 radical (unpaired) electrons. The summed E-state index contributed by atoms with van der Waals surface area (Å²) in [6.07, 6.45) is 1.98. The van der Waals surface area contributed by atoms with Crippen molar-refractivity contribution in [1.29, 1.82) is 0 Å². The molecule has 4 heteroatoms. The van der Waals surface area contributed by atoms with Gasteiger partial charge in [-0.3, -0.25) is 9.89 Å². The van der Waals surface area contributed by atoms with Crippen LogP contribution in [0.3, 0.4) is 0 Å². The molecule has 2 N–H and O–H groups in total. The van der Waals surface area contributed by atoms with Gasteiger partial charge in [0.05, 0.1) is 0 Å². The Balaban J connectivity index is 2.06. The number of nitrogens with zero attached hydrogens (tertiary/aromatic N) is 1. The second-order valence-corrected chi connectivity index (χ2v) is 6.31. The maximum atomic E-state index is 12.2. The summed E-state index contributed by atoms with van der Waals surface area (Å²) in [4.78, 5) is 12.2. The van der Waals surface area contributed by atoms with Crippen LogP contribution in [0.15, 0.2) is 30.3 Å². The lowest BCUT2D eigenvalue weighted by Crippen LogP contribution is -2.14. The van der Waals surface area contributed by atoms with Gasteiger partial charge in [0, 0.05) is 17.3 Å². The number of rotatable bonds is 4. The summed E-state index contributed by atoms with van der Waals surface area (Å²) in [6.45, 7) is 8.57. The number of amides is 1. The maximum absolute atomic E-state index is 12.2. The molecule has 21 heavy (non-hydrogen) atoms. The fraction of sp³-hybridized carbons (Fsp3) is 0.412. The molecule has 0 atom stereocenters. The third-order valence-corrected chi connectivity index (χ3v) is 3.40. The Morgan fingerprint density at radius 3 is 2.48 bits per heavy atom. The summed E-state index contributed by atoms with van der Waals surface area (Å²) >= 11 is 0. The molecule has 1 aromatic heterocycles. The van der Waals surface area contributed by atoms with E-state index in [1.165, 1.54) is 5.56 Å². The second-order valence-electron chi connectivity index (χ2n) is 6.31. The van der Waals surface area contributed by atoms with Crippen molar-refractivity contribution in [2.24, 2.45) is 0 Å². The highest BCUT2D eigenvalue weighted by Crippen LogP contribution is 2.22. The summed E-state index contributed by atoms with van der Waals surface area (Å²) in [5, 5.41) is 9.84. The zero-order chi connectivity index (χ0) is 15.5. The first-order valence-electron chi connectivity index (χ1n) is 7.36. The number of aromatic nitrogens is 2. The Morgan fingerprint density at radius 1 is 1.24 bits per heavy atom. The zero-order valence-electron chi connectivity index (χ0n) is 13.2. The van der Waals surface area contributed by atoms with Crippen LogP contribution in [-0.4, -0.2) is 16.1 Å². The first-order chi connectivity index (χ1) is 9.90. The zero-order valence-corrected chi connectivity index (χ0v) is 13.2. The fourth-order valence-corrected chi connectivity index (χ4v) is 2.13. The van der Waals surface area contributed by atoms with Gasteiger partial charge in [0.1, 0.15) is 0 Å². The van der Waals surface area contributed by atoms with Gasteiger partial charge in [0.15, 0.2) is 5.82 Å². The van der Waals surface area contributed by atoms with E-state index >= 15 is 0 Å². The van der Waals surface area contributed by atoms with Crippen LogP contribution in [0.25, 0.3) is 0 Å². The molecule has 1 heterocycles. The van der Waals surface area contributed by atoms with Crippen LogP contribution >= 0.6 is 0 Å². The molecule has 0 aliphatic heterocycles. The summed E-state index contributed by atoms with van der Waals surface area (Å²) in [5.41, 5.74) is 2.98. The summed E-state index contributed by atoms with van der Waals surface area (Å²) < 4.78 is 0. The summed E-state index contributed by atoms with van der Waals surface area (Å²) in [5.74, 6) is 0.438. The van der Waals surface area contributed by atoms with E-state index < -0.39 is 0 Å². The SMILES string of the molecule is CCCc1cc(NC(=O)c2ccc(C(C)(C)C)cc2)n[nH]1. The van der Waals surface area contributed by atoms with Crippen molar-refractivity contribution in [1.82, 2.24) is 10.2 Å². The Bertz CT molecular complexity index is 606. The van der Waals surface area contributed by atoms with Gasteiger partial charge in [-0.15, -0.1) is 0 Å². The molecule has 2 rings (SSSR count). The van der Waals surface area contributed by atoms with Crippen LogP contribution in [0, 0.1) is 0 Å². The maximum Gasteiger partial charge on any atom is 0.256 e. The van der Waals surface area contributed by atoms with E-state index in [0.29, 0.717) is 11.4 Å². The fourth-order valence-electron chi connectivity index (χ4n) is 2.13. The van der Waals surface area contributed by atoms with Crippen molar-refractivity contribution in [3.8, 4) is 0 Å². The quantitative estimate of drug-likeness (QED) is 0.894. The van der Waals surface area contributed by atoms with Crippen molar-refractivity contribution in [3.63, 3.8) is 0 Å². The first kappa shape index (κ1) is 15.3. The molecular weight excluding hydrogens is 262 g/mol. The van der Waals surface area contributed by atoms with Gasteiger partial charge < -0.3 is 5.32 Å². The highest BCUT2D eigenvalue weighted by Gasteiger charge is 2.14. The van der Waals surface area contributed by atoms with Crippen molar-refractivity contribution >= 4 is 11.7 Å². The van der Waals surface area contributed by atoms with E-state index in [-0.39, 0.29) is 11.3 Å². The van der Waals surface area contributed by atoms with Gasteiger partial charge in [0.25, 0.3) is 5.91 Å². The number of carbonyl (C=O) groups is 1. The molecule has 1 aromatic carbocycles. The van der Waals surface area contributed by atoms with Crippen LogP contribution in [0.4, 0.5) is 5.82 Å². The topological polar surface area (TPSA) is 57.8 Å². The lowest BCUT2D eigenvalue weighted by molar-refractivity contribution is 0.102. The van der Waals surface area contributed by atoms with Gasteiger partial charge >= 0.3 is 0 Å². The first-order valence-corrected chi connectivity index (χ1v) is 7.36. The van der Waals surface area contributed by atoms with Crippen LogP contribution in [0.1, 0.15) is 55.7 Å². The molecule has 2 aromatic rings. The van der Waals surface area contributed by atoms with Gasteiger partial charge in [-0.05, 0) is 29.5 Å². The Labute approximate surface area is 126 Å². The predicted molar refractivity (Wildman–Crippen MR) is 85.7 cm³/mol. The van der Waals surface area contributed by atoms with E-state index in [2.05, 4.69) is 43.2 Å². The van der Waals surface area contributed by atoms with E-state index in [0.717, 1.165) is 18.5 Å². The van der Waals surface area contributed by atoms with Crippen molar-refractivity contribution < 1.29 is 4.79 Å². The second kappa shape index (κ2) is 6.12. The molecular formula is C17H23N3O. The van der Waals surface area contributed by atoms with E-state index in [4.69, 9.17) is 0 Å². The van der Waals surface area contributed by atoms with Crippen LogP contribution < -0.4 is 5.32 Å². The number of aromatic amines is 1. The highest BCUT2D eigenvalue weighted by atomic mass is 16.1. The number of benzene rings is 1. The van der Waals surface area contributed by atoms with Gasteiger partial charge in [-0.2, -0.15) is 5.10 Å². The molecule has 4 nitrogen and oxygen atoms in total. The van der Waals surface area contributed by atoms with Crippen molar-refractivity contribution in [2.75, 3.05) is 5.32 Å². The molecule has 0 spiro atoms. The molecule has 1 amide bonds. The molecule has 0 fully saturated rings. The number of aryl methyl sites for hydroxylation is 1. The molecule has 0 aliphatic rings. The monoisotopic (exact) mass is 285 g/mol. The third-order valence-electron chi connectivity index (χ3n) is 3.40. The Hall–Kier alpha value is -2.10. The van der Waals surface area contributed by atoms with Crippen LogP contribution in [0.5, 0.6) is 0 Å². The van der Waals surface area contributed by atoms with Crippen LogP contribution in [0.2, 0.25) is 0 Å². The molecule has 0 bridgehead atoms. The van der Waals surface area contributed by atoms with Crippen molar-refractivity contribution in [2.45, 2.75) is 46.0 Å². The Morgan fingerprint density at radius 2 is 1.90 bits per heavy atom. The average Bonchev–Trinajstić information content (AvgIpc) is 2.86. The van der Waals surface area contributed by atoms with E-state index in [1.807, 2.05) is 30.3 Å². The van der Waals surface area contributed by atoms with Gasteiger partial charge in [0.2, 0.25) is 0 Å². The number of nitrogens with one attached hydrogen (secondary N) is 2. The normalized spacial score (nSPS) is 11.4. The number of hydrogen-bond acceptors (Lipinski definition) is 2. The largest absolute Gasteiger partial charge is 0.305 e. The highest BCUT2D eigenvalue weighted by molar-refractivity contribution is 6.03. The lowest BCUT2D eigenvalue weighted by atomic mass is 9.87. The van der Waals surface area contributed by atoms with E-state index in [1.54, 1.807) is 0 Å². The standard InChI is InChI=1S/C17H23N3O/c1-5-6-14-11-15(20-19-14)18-16(21)12-7-9-13(10-8-12)17(2,3)4/h7-11H,5-6H2,1-4H3,(H2,18,19,20,21). The summed E-state index contributed by atoms with van der Waals surface area (Å²) in [6, 6.07) is 9.60. The smallest absolute Gasteiger partial charge is 0.256 e. The predicted octanol–water partition coefficient (Wildman–Crippen LogP) is 3.91. The Kier molecular flexibility index (Phi) is 4.46. The molecule has 0 saturated carbocycles. The van der Waals surface area contributed by atoms with E-state index in [9.17, 15) is 4.79 Å². The average molecular weight is 285 g/mol. The molecule has 0 unspecified atom stereocenters. The minimum atomic E-state index is -0.134. The lowest BCUT2D eigenvalue weighted by Gasteiger charge is -2.18. The summed E-state index contributed by atoms with van der Waals surface area (Å²) in [7, 11) is 0.